The number of pyridine rings is 1. The molecular formula is C44H39IrNO3PSi2-. The Morgan fingerprint density at radius 1 is 0.673 bits per heavy atom. The van der Waals surface area contributed by atoms with Gasteiger partial charge < -0.3 is 9.67 Å². The molecule has 0 spiro atoms. The van der Waals surface area contributed by atoms with Crippen LogP contribution in [-0.2, 0) is 29.5 Å². The molecule has 1 atom stereocenters. The molecule has 0 bridgehead atoms. The number of benzene rings is 6. The summed E-state index contributed by atoms with van der Waals surface area (Å²) in [7, 11) is -7.86. The van der Waals surface area contributed by atoms with Crippen LogP contribution in [0.5, 0.6) is 0 Å². The Kier molecular flexibility index (Phi) is 9.05. The first-order chi connectivity index (χ1) is 24.3. The van der Waals surface area contributed by atoms with E-state index < -0.39 is 23.3 Å². The van der Waals surface area contributed by atoms with Crippen molar-refractivity contribution in [1.29, 1.82) is 0 Å². The number of hydrogen-bond acceptors (Lipinski definition) is 4. The van der Waals surface area contributed by atoms with Crippen molar-refractivity contribution in [3.05, 3.63) is 133 Å². The Bertz CT molecular complexity index is 2570. The summed E-state index contributed by atoms with van der Waals surface area (Å²) in [5, 5.41) is 22.5. The van der Waals surface area contributed by atoms with E-state index in [2.05, 4.69) is 141 Å². The summed E-state index contributed by atoms with van der Waals surface area (Å²) in [5.74, 6) is -0.0625. The first-order valence-electron chi connectivity index (χ1n) is 17.3. The van der Waals surface area contributed by atoms with Crippen LogP contribution in [0, 0.1) is 6.07 Å². The smallest absolute Gasteiger partial charge is 0.155 e. The second-order valence-corrected chi connectivity index (χ2v) is 26.1. The zero-order chi connectivity index (χ0) is 35.9. The molecule has 0 amide bonds. The monoisotopic (exact) mass is 909 g/mol. The predicted octanol–water partition coefficient (Wildman–Crippen LogP) is 6.95. The molecule has 261 valence electrons. The fraction of sp³-hybridized carbons (Fsp3) is 0.136. The second kappa shape index (κ2) is 13.0. The van der Waals surface area contributed by atoms with E-state index in [0.29, 0.717) is 0 Å². The van der Waals surface area contributed by atoms with E-state index in [-0.39, 0.29) is 31.6 Å². The van der Waals surface area contributed by atoms with Gasteiger partial charge in [-0.05, 0) is 75.0 Å². The minimum absolute atomic E-state index is 0. The minimum atomic E-state index is -3.22. The fourth-order valence-electron chi connectivity index (χ4n) is 8.11. The zero-order valence-electron chi connectivity index (χ0n) is 30.0. The normalized spacial score (nSPS) is 17.6. The number of carbonyl (C=O) groups is 1. The third-order valence-corrected chi connectivity index (χ3v) is 21.6. The van der Waals surface area contributed by atoms with Crippen LogP contribution in [0.4, 0.5) is 0 Å². The molecule has 1 radical (unpaired) electrons. The number of rotatable bonds is 2. The van der Waals surface area contributed by atoms with E-state index in [1.54, 1.807) is 0 Å². The molecule has 52 heavy (non-hydrogen) atoms. The number of hydrogen-bond donors (Lipinski definition) is 1. The number of fused-ring (bicyclic) bond motifs is 7. The second-order valence-electron chi connectivity index (χ2n) is 14.9. The first-order valence-corrected chi connectivity index (χ1v) is 25.0. The summed E-state index contributed by atoms with van der Waals surface area (Å²) in [6, 6.07) is 45.2. The average molecular weight is 909 g/mol. The van der Waals surface area contributed by atoms with Crippen molar-refractivity contribution < 1.29 is 34.6 Å². The number of aliphatic hydroxyl groups excluding tert-OH is 1. The molecule has 1 N–H and O–H groups in total. The van der Waals surface area contributed by atoms with Gasteiger partial charge in [0.15, 0.2) is 5.78 Å². The van der Waals surface area contributed by atoms with Gasteiger partial charge in [0, 0.05) is 36.8 Å². The van der Waals surface area contributed by atoms with Gasteiger partial charge >= 0.3 is 0 Å². The van der Waals surface area contributed by atoms with Gasteiger partial charge in [0.25, 0.3) is 0 Å². The third kappa shape index (κ3) is 5.62. The third-order valence-electron chi connectivity index (χ3n) is 10.7. The fourth-order valence-corrected chi connectivity index (χ4v) is 21.9. The molecule has 0 saturated carbocycles. The number of aliphatic hydroxyl groups is 1. The molecule has 7 aromatic rings. The summed E-state index contributed by atoms with van der Waals surface area (Å²) in [6.45, 7) is 12.6. The predicted molar refractivity (Wildman–Crippen MR) is 221 cm³/mol. The summed E-state index contributed by atoms with van der Waals surface area (Å²) in [5.41, 5.74) is 2.93. The molecule has 9 rings (SSSR count). The van der Waals surface area contributed by atoms with E-state index in [1.165, 1.54) is 51.4 Å². The van der Waals surface area contributed by atoms with E-state index in [0.717, 1.165) is 48.8 Å². The van der Waals surface area contributed by atoms with Gasteiger partial charge in [0.1, 0.15) is 7.14 Å². The van der Waals surface area contributed by atoms with Crippen molar-refractivity contribution in [1.82, 2.24) is 4.98 Å². The Hall–Kier alpha value is -4.23. The maximum absolute atomic E-state index is 16.4. The van der Waals surface area contributed by atoms with Crippen molar-refractivity contribution in [2.24, 2.45) is 0 Å². The maximum Gasteiger partial charge on any atom is 0.155 e. The summed E-state index contributed by atoms with van der Waals surface area (Å²) in [4.78, 5) is 15.1. The Balaban J connectivity index is 0.000000481. The van der Waals surface area contributed by atoms with Crippen LogP contribution in [0.3, 0.4) is 0 Å². The molecular weight excluding hydrogens is 870 g/mol. The van der Waals surface area contributed by atoms with E-state index in [4.69, 9.17) is 10.1 Å². The Morgan fingerprint density at radius 3 is 1.69 bits per heavy atom. The van der Waals surface area contributed by atoms with Crippen LogP contribution in [-0.4, -0.2) is 32.0 Å². The summed E-state index contributed by atoms with van der Waals surface area (Å²) < 4.78 is 16.4. The van der Waals surface area contributed by atoms with Crippen molar-refractivity contribution in [3.8, 4) is 11.3 Å². The number of carbonyl (C=O) groups excluding carboxylic acids is 1. The van der Waals surface area contributed by atoms with E-state index in [9.17, 15) is 4.79 Å². The SMILES string of the molecule is CC(=O)/C=C(/C)O.C[Si]1(C)c2[c-]c(-c3ccc4ccccc4n3)cc3c2P(=O)(c2cc4ccccc4cc21)c1cc2ccccc2cc1[Si]3(C)C.[Ir]. The van der Waals surface area contributed by atoms with Crippen molar-refractivity contribution in [3.63, 3.8) is 0 Å². The largest absolute Gasteiger partial charge is 0.512 e. The first kappa shape index (κ1) is 36.1. The van der Waals surface area contributed by atoms with Gasteiger partial charge in [-0.3, -0.25) is 9.78 Å². The van der Waals surface area contributed by atoms with Gasteiger partial charge in [-0.2, -0.15) is 0 Å². The molecule has 1 aromatic heterocycles. The number of aromatic nitrogens is 1. The number of ketones is 1. The maximum atomic E-state index is 16.4. The molecule has 3 heterocycles. The standard InChI is InChI=1S/C39H31NOPSi2.C5H8O2.Ir/c1-43(2)35-21-28-14-7-5-12-26(28)19-33(35)42(41)34-20-27-13-6-8-15-29(27)22-36(34)44(3,4)38-24-30(23-37(43)39(38)42)32-18-17-25-11-9-10-16-31(25)40-32;1-4(6)3-5(2)7;/h5-23H,1-4H3;3,6H,1-2H3;/q-1;;/b;4-3-;. The summed E-state index contributed by atoms with van der Waals surface area (Å²) >= 11 is 0. The number of para-hydroxylation sites is 1. The van der Waals surface area contributed by atoms with Gasteiger partial charge in [-0.15, -0.1) is 28.1 Å². The van der Waals surface area contributed by atoms with Crippen molar-refractivity contribution in [2.75, 3.05) is 0 Å². The van der Waals surface area contributed by atoms with Crippen molar-refractivity contribution >= 4 is 98.2 Å². The topological polar surface area (TPSA) is 67.3 Å². The van der Waals surface area contributed by atoms with E-state index in [1.807, 2.05) is 6.07 Å². The summed E-state index contributed by atoms with van der Waals surface area (Å²) in [6.07, 6.45) is 1.17. The van der Waals surface area contributed by atoms with Crippen molar-refractivity contribution in [2.45, 2.75) is 40.0 Å². The Labute approximate surface area is 320 Å². The molecule has 2 aliphatic rings. The van der Waals surface area contributed by atoms with Crippen LogP contribution in [0.25, 0.3) is 43.7 Å². The van der Waals surface area contributed by atoms with Crippen LogP contribution in [0.15, 0.2) is 127 Å². The Morgan fingerprint density at radius 2 is 1.17 bits per heavy atom. The molecule has 6 aromatic carbocycles. The molecule has 0 saturated heterocycles. The number of allylic oxidation sites excluding steroid dienone is 2. The number of nitrogens with zero attached hydrogens (tertiary/aromatic N) is 1. The molecule has 0 aliphatic carbocycles. The average Bonchev–Trinajstić information content (AvgIpc) is 3.11. The van der Waals surface area contributed by atoms with Gasteiger partial charge in [-0.25, -0.2) is 0 Å². The van der Waals surface area contributed by atoms with Gasteiger partial charge in [0.05, 0.1) is 27.4 Å². The zero-order valence-corrected chi connectivity index (χ0v) is 35.3. The quantitative estimate of drug-likeness (QED) is 0.0671. The van der Waals surface area contributed by atoms with Crippen LogP contribution < -0.4 is 36.7 Å². The van der Waals surface area contributed by atoms with E-state index >= 15 is 4.57 Å². The molecule has 8 heteroatoms. The van der Waals surface area contributed by atoms with Gasteiger partial charge in [-0.1, -0.05) is 122 Å². The van der Waals surface area contributed by atoms with Crippen LogP contribution in [0.2, 0.25) is 26.2 Å². The molecule has 1 unspecified atom stereocenters. The van der Waals surface area contributed by atoms with Crippen LogP contribution >= 0.6 is 7.14 Å². The van der Waals surface area contributed by atoms with Crippen LogP contribution in [0.1, 0.15) is 13.8 Å². The minimum Gasteiger partial charge on any atom is -0.512 e. The van der Waals surface area contributed by atoms with Gasteiger partial charge in [0.2, 0.25) is 0 Å². The molecule has 2 aliphatic heterocycles. The molecule has 4 nitrogen and oxygen atoms in total. The molecule has 0 fully saturated rings.